The molecule has 0 atom stereocenters. The Morgan fingerprint density at radius 3 is 2.54 bits per heavy atom. The molecule has 242 valence electrons. The summed E-state index contributed by atoms with van der Waals surface area (Å²) in [4.78, 5) is 29.4. The Labute approximate surface area is 277 Å². The summed E-state index contributed by atoms with van der Waals surface area (Å²) in [6.07, 6.45) is 6.87. The van der Waals surface area contributed by atoms with Gasteiger partial charge in [-0.25, -0.2) is 18.2 Å². The topological polar surface area (TPSA) is 132 Å². The quantitative estimate of drug-likeness (QED) is 0.139. The molecule has 0 unspecified atom stereocenters. The van der Waals surface area contributed by atoms with Crippen molar-refractivity contribution in [2.24, 2.45) is 0 Å². The Morgan fingerprint density at radius 2 is 1.78 bits per heavy atom. The number of carbonyl (C=O) groups excluding carboxylic acids is 1. The molecule has 1 amide bonds. The molecule has 3 aromatic carbocycles. The van der Waals surface area contributed by atoms with Gasteiger partial charge in [-0.3, -0.25) is 4.79 Å². The predicted molar refractivity (Wildman–Crippen MR) is 178 cm³/mol. The van der Waals surface area contributed by atoms with Gasteiger partial charge < -0.3 is 19.9 Å². The van der Waals surface area contributed by atoms with Crippen molar-refractivity contribution >= 4 is 50.3 Å². The second kappa shape index (κ2) is 15.6. The van der Waals surface area contributed by atoms with E-state index >= 15 is 0 Å². The number of nitrogens with zero attached hydrogens (tertiary/aromatic N) is 1. The average Bonchev–Trinajstić information content (AvgIpc) is 3.53. The first-order valence-electron chi connectivity index (χ1n) is 15.1. The lowest BCUT2D eigenvalue weighted by Gasteiger charge is -2.19. The van der Waals surface area contributed by atoms with Gasteiger partial charge in [-0.2, -0.15) is 0 Å². The number of hydrogen-bond acceptors (Lipinski definition) is 8. The minimum atomic E-state index is -3.50. The van der Waals surface area contributed by atoms with E-state index in [1.165, 1.54) is 56.4 Å². The molecule has 2 N–H and O–H groups in total. The van der Waals surface area contributed by atoms with Crippen molar-refractivity contribution in [3.8, 4) is 11.5 Å². The Kier molecular flexibility index (Phi) is 11.3. The molecule has 0 aliphatic heterocycles. The molecule has 1 saturated carbocycles. The Hall–Kier alpha value is -3.93. The minimum absolute atomic E-state index is 0.0801. The number of ether oxygens (including phenoxy) is 2. The molecule has 4 aromatic rings. The highest BCUT2D eigenvalue weighted by Gasteiger charge is 2.19. The van der Waals surface area contributed by atoms with Crippen LogP contribution in [-0.4, -0.2) is 42.7 Å². The zero-order valence-corrected chi connectivity index (χ0v) is 27.5. The van der Waals surface area contributed by atoms with Gasteiger partial charge >= 0.3 is 5.97 Å². The first-order chi connectivity index (χ1) is 22.2. The van der Waals surface area contributed by atoms with Gasteiger partial charge in [0.05, 0.1) is 22.0 Å². The van der Waals surface area contributed by atoms with E-state index in [9.17, 15) is 18.0 Å². The lowest BCUT2D eigenvalue weighted by Crippen LogP contribution is -2.15. The number of carboxylic acid groups (broad SMARTS) is 1. The standard InChI is InChI=1S/C34H35ClN2O7S2/c35-26-12-14-28(15-13-26)46(41,42)17-5-6-23-11-16-31(44-21-33(38)39)29(18-23)37-34(40)25-9-4-10-27(19-25)43-20-32-36-30(22-45-32)24-7-2-1-3-8-24/h4,9-16,18-19,22,24H,1-3,5-8,17,20-21H2,(H,37,40)(H,38,39). The van der Waals surface area contributed by atoms with Crippen LogP contribution in [0, 0.1) is 0 Å². The third-order valence-electron chi connectivity index (χ3n) is 7.75. The fourth-order valence-corrected chi connectivity index (χ4v) is 7.59. The Balaban J connectivity index is 1.23. The summed E-state index contributed by atoms with van der Waals surface area (Å²) in [5.74, 6) is -0.468. The van der Waals surface area contributed by atoms with E-state index in [-0.39, 0.29) is 22.1 Å². The fourth-order valence-electron chi connectivity index (χ4n) is 5.37. The van der Waals surface area contributed by atoms with E-state index in [0.717, 1.165) is 16.3 Å². The summed E-state index contributed by atoms with van der Waals surface area (Å²) < 4.78 is 36.9. The van der Waals surface area contributed by atoms with Crippen LogP contribution in [0.4, 0.5) is 5.69 Å². The summed E-state index contributed by atoms with van der Waals surface area (Å²) in [6, 6.07) is 17.8. The number of anilines is 1. The van der Waals surface area contributed by atoms with Crippen LogP contribution in [0.15, 0.2) is 77.0 Å². The number of halogens is 1. The largest absolute Gasteiger partial charge is 0.486 e. The van der Waals surface area contributed by atoms with Crippen LogP contribution in [0.3, 0.4) is 0 Å². The highest BCUT2D eigenvalue weighted by Crippen LogP contribution is 2.33. The number of hydrogen-bond donors (Lipinski definition) is 2. The summed E-state index contributed by atoms with van der Waals surface area (Å²) in [5, 5.41) is 15.4. The molecule has 0 bridgehead atoms. The van der Waals surface area contributed by atoms with E-state index in [2.05, 4.69) is 10.7 Å². The van der Waals surface area contributed by atoms with Gasteiger partial charge in [0.1, 0.15) is 23.1 Å². The molecule has 1 aromatic heterocycles. The molecule has 5 rings (SSSR count). The molecule has 12 heteroatoms. The van der Waals surface area contributed by atoms with E-state index in [4.69, 9.17) is 31.2 Å². The number of aliphatic carboxylic acids is 1. The normalized spacial score (nSPS) is 13.7. The first kappa shape index (κ1) is 33.4. The predicted octanol–water partition coefficient (Wildman–Crippen LogP) is 7.55. The van der Waals surface area contributed by atoms with E-state index in [1.807, 2.05) is 0 Å². The maximum absolute atomic E-state index is 13.3. The van der Waals surface area contributed by atoms with Crippen LogP contribution >= 0.6 is 22.9 Å². The zero-order chi connectivity index (χ0) is 32.5. The average molecular weight is 683 g/mol. The van der Waals surface area contributed by atoms with Crippen molar-refractivity contribution in [2.45, 2.75) is 62.4 Å². The van der Waals surface area contributed by atoms with Crippen LogP contribution < -0.4 is 14.8 Å². The van der Waals surface area contributed by atoms with Crippen molar-refractivity contribution < 1.29 is 32.6 Å². The van der Waals surface area contributed by atoms with Gasteiger partial charge in [-0.1, -0.05) is 43.0 Å². The van der Waals surface area contributed by atoms with Crippen LogP contribution in [0.2, 0.25) is 5.02 Å². The Morgan fingerprint density at radius 1 is 1.00 bits per heavy atom. The van der Waals surface area contributed by atoms with Crippen molar-refractivity contribution in [3.05, 3.63) is 99.0 Å². The molecule has 0 radical (unpaired) electrons. The number of aromatic nitrogens is 1. The summed E-state index contributed by atoms with van der Waals surface area (Å²) >= 11 is 7.46. The molecule has 46 heavy (non-hydrogen) atoms. The van der Waals surface area contributed by atoms with E-state index in [0.29, 0.717) is 41.7 Å². The van der Waals surface area contributed by atoms with E-state index in [1.54, 1.807) is 53.8 Å². The van der Waals surface area contributed by atoms with Gasteiger partial charge in [0.25, 0.3) is 5.91 Å². The smallest absolute Gasteiger partial charge is 0.341 e. The molecular formula is C34H35ClN2O7S2. The van der Waals surface area contributed by atoms with Gasteiger partial charge in [-0.05, 0) is 85.8 Å². The van der Waals surface area contributed by atoms with Crippen molar-refractivity contribution in [3.63, 3.8) is 0 Å². The van der Waals surface area contributed by atoms with Gasteiger partial charge in [0.2, 0.25) is 0 Å². The maximum Gasteiger partial charge on any atom is 0.341 e. The van der Waals surface area contributed by atoms with Crippen LogP contribution in [-0.2, 0) is 27.7 Å². The van der Waals surface area contributed by atoms with Gasteiger partial charge in [-0.15, -0.1) is 11.3 Å². The van der Waals surface area contributed by atoms with E-state index < -0.39 is 28.3 Å². The molecule has 0 saturated heterocycles. The number of carbonyl (C=O) groups is 2. The zero-order valence-electron chi connectivity index (χ0n) is 25.1. The molecule has 1 aliphatic rings. The summed E-state index contributed by atoms with van der Waals surface area (Å²) in [5.41, 5.74) is 2.50. The van der Waals surface area contributed by atoms with Gasteiger partial charge in [0, 0.05) is 21.9 Å². The molecular weight excluding hydrogens is 648 g/mol. The second-order valence-electron chi connectivity index (χ2n) is 11.2. The minimum Gasteiger partial charge on any atom is -0.486 e. The lowest BCUT2D eigenvalue weighted by molar-refractivity contribution is -0.139. The number of thiazole rings is 1. The molecule has 0 spiro atoms. The Bertz CT molecular complexity index is 1770. The summed E-state index contributed by atoms with van der Waals surface area (Å²) in [7, 11) is -3.50. The lowest BCUT2D eigenvalue weighted by atomic mass is 9.87. The van der Waals surface area contributed by atoms with Crippen LogP contribution in [0.1, 0.15) is 71.1 Å². The monoisotopic (exact) mass is 682 g/mol. The molecule has 1 aliphatic carbocycles. The SMILES string of the molecule is O=C(O)COc1ccc(CCCS(=O)(=O)c2ccc(Cl)cc2)cc1NC(=O)c1cccc(OCc2nc(C3CCCCC3)cs2)c1. The highest BCUT2D eigenvalue weighted by molar-refractivity contribution is 7.91. The van der Waals surface area contributed by atoms with Crippen molar-refractivity contribution in [2.75, 3.05) is 17.7 Å². The van der Waals surface area contributed by atoms with Crippen LogP contribution in [0.5, 0.6) is 11.5 Å². The molecule has 1 heterocycles. The first-order valence-corrected chi connectivity index (χ1v) is 18.0. The fraction of sp³-hybridized carbons (Fsp3) is 0.324. The number of carboxylic acids is 1. The molecule has 1 fully saturated rings. The van der Waals surface area contributed by atoms with Gasteiger partial charge in [0.15, 0.2) is 16.4 Å². The van der Waals surface area contributed by atoms with Crippen molar-refractivity contribution in [1.82, 2.24) is 4.98 Å². The number of sulfone groups is 1. The second-order valence-corrected chi connectivity index (χ2v) is 14.6. The number of aryl methyl sites for hydroxylation is 1. The molecule has 9 nitrogen and oxygen atoms in total. The highest BCUT2D eigenvalue weighted by atomic mass is 35.5. The number of benzene rings is 3. The third kappa shape index (κ3) is 9.31. The van der Waals surface area contributed by atoms with Crippen molar-refractivity contribution in [1.29, 1.82) is 0 Å². The summed E-state index contributed by atoms with van der Waals surface area (Å²) in [6.45, 7) is -0.296. The number of nitrogens with one attached hydrogen (secondary N) is 1. The third-order valence-corrected chi connectivity index (χ3v) is 10.7. The number of rotatable bonds is 14. The maximum atomic E-state index is 13.3. The van der Waals surface area contributed by atoms with Crippen LogP contribution in [0.25, 0.3) is 0 Å². The number of amides is 1.